The molecule has 1 aromatic carbocycles. The van der Waals surface area contributed by atoms with E-state index >= 15 is 0 Å². The molecule has 1 amide bonds. The molecular weight excluding hydrogens is 418 g/mol. The van der Waals surface area contributed by atoms with Gasteiger partial charge in [-0.2, -0.15) is 13.2 Å². The molecule has 1 heterocycles. The Bertz CT molecular complexity index is 605. The van der Waals surface area contributed by atoms with E-state index in [1.807, 2.05) is 18.5 Å². The highest BCUT2D eigenvalue weighted by Crippen LogP contribution is 2.18. The summed E-state index contributed by atoms with van der Waals surface area (Å²) in [4.78, 5) is 30.0. The second kappa shape index (κ2) is 14.0. The monoisotopic (exact) mass is 441 g/mol. The van der Waals surface area contributed by atoms with E-state index in [1.165, 1.54) is 11.4 Å². The first kappa shape index (κ1) is 27.0. The lowest BCUT2D eigenvalue weighted by Gasteiger charge is -2.32. The van der Waals surface area contributed by atoms with Gasteiger partial charge in [-0.1, -0.05) is 11.6 Å². The van der Waals surface area contributed by atoms with Gasteiger partial charge in [-0.15, -0.1) is 0 Å². The van der Waals surface area contributed by atoms with Crippen LogP contribution in [-0.2, 0) is 9.59 Å². The topological polar surface area (TPSA) is 78.5 Å². The van der Waals surface area contributed by atoms with Crippen molar-refractivity contribution in [3.8, 4) is 0 Å². The zero-order chi connectivity index (χ0) is 22.4. The smallest absolute Gasteiger partial charge is 0.352 e. The van der Waals surface area contributed by atoms with Crippen LogP contribution in [0.3, 0.4) is 0 Å². The van der Waals surface area contributed by atoms with Gasteiger partial charge in [-0.05, 0) is 50.0 Å². The third-order valence-corrected chi connectivity index (χ3v) is 4.35. The Morgan fingerprint density at radius 1 is 1.14 bits per heavy atom. The van der Waals surface area contributed by atoms with Crippen LogP contribution in [0.5, 0.6) is 0 Å². The number of amides is 1. The molecular formula is C18H24ClF4N3O3. The summed E-state index contributed by atoms with van der Waals surface area (Å²) in [5.74, 6) is -0.712. The van der Waals surface area contributed by atoms with Crippen LogP contribution in [-0.4, -0.2) is 63.4 Å². The lowest BCUT2D eigenvalue weighted by Crippen LogP contribution is -2.43. The molecule has 6 nitrogen and oxygen atoms in total. The van der Waals surface area contributed by atoms with E-state index in [0.717, 1.165) is 25.0 Å². The van der Waals surface area contributed by atoms with Crippen molar-refractivity contribution in [1.29, 1.82) is 0 Å². The fraction of sp³-hybridized carbons (Fsp3) is 0.500. The van der Waals surface area contributed by atoms with Gasteiger partial charge < -0.3 is 19.8 Å². The van der Waals surface area contributed by atoms with E-state index in [0.29, 0.717) is 26.2 Å². The number of carbonyl (C=O) groups excluding carboxylic acids is 3. The standard InChI is InChI=1S/C16H20ClF4N3O.2CH2O/c17-13-7-12(8-14(18)9-13)15(25)22-10-11-1-4-24(5-2-11)6-3-23-16(19,20)21;2*1-2/h7-9,11,23H,1-6,10H2,(H,22,25);2*1H2. The van der Waals surface area contributed by atoms with Gasteiger partial charge in [-0.25, -0.2) is 9.71 Å². The Hall–Kier alpha value is -2.04. The zero-order valence-corrected chi connectivity index (χ0v) is 16.5. The number of nitrogens with zero attached hydrogens (tertiary/aromatic N) is 1. The molecule has 0 unspecified atom stereocenters. The molecule has 11 heteroatoms. The first-order valence-electron chi connectivity index (χ1n) is 8.59. The highest BCUT2D eigenvalue weighted by atomic mass is 35.5. The summed E-state index contributed by atoms with van der Waals surface area (Å²) in [6.07, 6.45) is -2.77. The van der Waals surface area contributed by atoms with Crippen molar-refractivity contribution in [3.05, 3.63) is 34.6 Å². The van der Waals surface area contributed by atoms with Crippen LogP contribution in [0, 0.1) is 11.7 Å². The largest absolute Gasteiger partial charge is 0.457 e. The van der Waals surface area contributed by atoms with Gasteiger partial charge >= 0.3 is 6.30 Å². The van der Waals surface area contributed by atoms with Crippen molar-refractivity contribution in [3.63, 3.8) is 0 Å². The maximum absolute atomic E-state index is 13.3. The number of benzene rings is 1. The van der Waals surface area contributed by atoms with Crippen molar-refractivity contribution in [2.45, 2.75) is 19.1 Å². The minimum atomic E-state index is -4.34. The third kappa shape index (κ3) is 11.5. The Kier molecular flexibility index (Phi) is 13.0. The molecule has 164 valence electrons. The lowest BCUT2D eigenvalue weighted by molar-refractivity contribution is -0.157. The quantitative estimate of drug-likeness (QED) is 0.524. The number of nitrogens with one attached hydrogen (secondary N) is 2. The van der Waals surface area contributed by atoms with E-state index in [1.54, 1.807) is 0 Å². The molecule has 0 atom stereocenters. The van der Waals surface area contributed by atoms with Gasteiger partial charge in [0.15, 0.2) is 0 Å². The molecule has 0 aliphatic carbocycles. The van der Waals surface area contributed by atoms with E-state index < -0.39 is 18.0 Å². The maximum atomic E-state index is 13.3. The van der Waals surface area contributed by atoms with Gasteiger partial charge in [0.2, 0.25) is 0 Å². The maximum Gasteiger partial charge on any atom is 0.457 e. The fourth-order valence-electron chi connectivity index (χ4n) is 2.79. The van der Waals surface area contributed by atoms with Crippen LogP contribution in [0.1, 0.15) is 23.2 Å². The Balaban J connectivity index is 0.00000184. The number of likely N-dealkylation sites (tertiary alicyclic amines) is 1. The van der Waals surface area contributed by atoms with Crippen LogP contribution < -0.4 is 10.6 Å². The molecule has 2 N–H and O–H groups in total. The van der Waals surface area contributed by atoms with Crippen LogP contribution in [0.2, 0.25) is 5.02 Å². The minimum absolute atomic E-state index is 0.134. The molecule has 0 saturated carbocycles. The summed E-state index contributed by atoms with van der Waals surface area (Å²) in [5, 5.41) is 4.42. The number of halogens is 5. The van der Waals surface area contributed by atoms with Crippen molar-refractivity contribution in [2.24, 2.45) is 5.92 Å². The summed E-state index contributed by atoms with van der Waals surface area (Å²) >= 11 is 5.73. The molecule has 0 radical (unpaired) electrons. The fourth-order valence-corrected chi connectivity index (χ4v) is 3.02. The molecule has 1 aliphatic rings. The van der Waals surface area contributed by atoms with Crippen LogP contribution in [0.25, 0.3) is 0 Å². The van der Waals surface area contributed by atoms with E-state index in [2.05, 4.69) is 5.32 Å². The predicted octanol–water partition coefficient (Wildman–Crippen LogP) is 2.66. The van der Waals surface area contributed by atoms with Gasteiger partial charge in [0.05, 0.1) is 0 Å². The first-order chi connectivity index (χ1) is 13.7. The molecule has 2 rings (SSSR count). The lowest BCUT2D eigenvalue weighted by atomic mass is 9.96. The Labute approximate surface area is 171 Å². The van der Waals surface area contributed by atoms with Gasteiger partial charge in [-0.3, -0.25) is 4.79 Å². The van der Waals surface area contributed by atoms with Gasteiger partial charge in [0.25, 0.3) is 5.91 Å². The zero-order valence-electron chi connectivity index (χ0n) is 15.7. The second-order valence-corrected chi connectivity index (χ2v) is 6.51. The summed E-state index contributed by atoms with van der Waals surface area (Å²) in [6, 6.07) is 3.65. The number of carbonyl (C=O) groups is 3. The van der Waals surface area contributed by atoms with E-state index in [9.17, 15) is 22.4 Å². The second-order valence-electron chi connectivity index (χ2n) is 6.08. The Morgan fingerprint density at radius 3 is 2.24 bits per heavy atom. The van der Waals surface area contributed by atoms with Crippen molar-refractivity contribution in [1.82, 2.24) is 15.5 Å². The number of hydrogen-bond acceptors (Lipinski definition) is 5. The molecule has 29 heavy (non-hydrogen) atoms. The molecule has 1 aromatic rings. The number of rotatable bonds is 6. The number of piperidine rings is 1. The number of hydrogen-bond donors (Lipinski definition) is 2. The van der Waals surface area contributed by atoms with Crippen LogP contribution in [0.15, 0.2) is 18.2 Å². The number of alkyl halides is 3. The normalized spacial score (nSPS) is 14.8. The molecule has 0 bridgehead atoms. The SMILES string of the molecule is C=O.C=O.O=C(NCC1CCN(CCNC(F)(F)F)CC1)c1cc(F)cc(Cl)c1. The summed E-state index contributed by atoms with van der Waals surface area (Å²) in [7, 11) is 0. The Morgan fingerprint density at radius 2 is 1.72 bits per heavy atom. The summed E-state index contributed by atoms with van der Waals surface area (Å²) in [5.41, 5.74) is 0.167. The first-order valence-corrected chi connectivity index (χ1v) is 8.97. The average molecular weight is 442 g/mol. The molecule has 0 aromatic heterocycles. The van der Waals surface area contributed by atoms with Crippen LogP contribution >= 0.6 is 11.6 Å². The van der Waals surface area contributed by atoms with Gasteiger partial charge in [0, 0.05) is 30.2 Å². The van der Waals surface area contributed by atoms with E-state index in [-0.39, 0.29) is 23.0 Å². The van der Waals surface area contributed by atoms with E-state index in [4.69, 9.17) is 21.2 Å². The molecule has 1 fully saturated rings. The molecule has 1 aliphatic heterocycles. The van der Waals surface area contributed by atoms with Crippen LogP contribution in [0.4, 0.5) is 17.6 Å². The molecule has 0 spiro atoms. The van der Waals surface area contributed by atoms with Crippen molar-refractivity contribution >= 4 is 31.1 Å². The van der Waals surface area contributed by atoms with Crippen molar-refractivity contribution in [2.75, 3.05) is 32.7 Å². The molecule has 1 saturated heterocycles. The third-order valence-electron chi connectivity index (χ3n) is 4.14. The minimum Gasteiger partial charge on any atom is -0.352 e. The highest BCUT2D eigenvalue weighted by molar-refractivity contribution is 6.31. The summed E-state index contributed by atoms with van der Waals surface area (Å²) in [6.45, 7) is 6.02. The summed E-state index contributed by atoms with van der Waals surface area (Å²) < 4.78 is 49.4. The highest BCUT2D eigenvalue weighted by Gasteiger charge is 2.26. The van der Waals surface area contributed by atoms with Gasteiger partial charge in [0.1, 0.15) is 19.4 Å². The predicted molar refractivity (Wildman–Crippen MR) is 101 cm³/mol. The van der Waals surface area contributed by atoms with Crippen molar-refractivity contribution < 1.29 is 31.9 Å². The average Bonchev–Trinajstić information content (AvgIpc) is 2.68.